The van der Waals surface area contributed by atoms with E-state index in [1.54, 1.807) is 21.3 Å². The molecule has 154 valence electrons. The number of hydrogen-bond donors (Lipinski definition) is 0. The largest absolute Gasteiger partial charge is 0.493 e. The van der Waals surface area contributed by atoms with Crippen LogP contribution in [0, 0.1) is 5.92 Å². The second kappa shape index (κ2) is 7.73. The molecule has 2 aromatic carbocycles. The van der Waals surface area contributed by atoms with Crippen LogP contribution in [0.3, 0.4) is 0 Å². The third-order valence-electron chi connectivity index (χ3n) is 5.54. The standard InChI is InChI=1S/C22H24O7/c1-24-18-9-14-7-13(22(23)27-4)6-5-12-8-16-17(29-11-28-16)10-15(12)19(14)21(26-3)20(18)25-2/h8-10,13H,5-7,11H2,1-4H3/t13-/m0/s1. The van der Waals surface area contributed by atoms with Gasteiger partial charge < -0.3 is 28.4 Å². The summed E-state index contributed by atoms with van der Waals surface area (Å²) in [6.45, 7) is 0.193. The van der Waals surface area contributed by atoms with E-state index in [9.17, 15) is 4.79 Å². The molecule has 0 N–H and O–H groups in total. The maximum absolute atomic E-state index is 12.4. The zero-order chi connectivity index (χ0) is 20.5. The lowest BCUT2D eigenvalue weighted by molar-refractivity contribution is -0.145. The van der Waals surface area contributed by atoms with Gasteiger partial charge in [0.25, 0.3) is 0 Å². The van der Waals surface area contributed by atoms with Crippen LogP contribution in [0.15, 0.2) is 18.2 Å². The van der Waals surface area contributed by atoms with Crippen molar-refractivity contribution >= 4 is 5.97 Å². The molecule has 0 aromatic heterocycles. The molecule has 0 saturated heterocycles. The van der Waals surface area contributed by atoms with E-state index in [-0.39, 0.29) is 18.7 Å². The Kier molecular flexibility index (Phi) is 5.13. The molecule has 0 radical (unpaired) electrons. The topological polar surface area (TPSA) is 72.5 Å². The fourth-order valence-corrected chi connectivity index (χ4v) is 4.15. The van der Waals surface area contributed by atoms with Crippen LogP contribution < -0.4 is 23.7 Å². The van der Waals surface area contributed by atoms with Gasteiger partial charge >= 0.3 is 5.97 Å². The number of fused-ring (bicyclic) bond motifs is 4. The summed E-state index contributed by atoms with van der Waals surface area (Å²) >= 11 is 0. The van der Waals surface area contributed by atoms with Crippen LogP contribution in [0.1, 0.15) is 17.5 Å². The summed E-state index contributed by atoms with van der Waals surface area (Å²) in [5, 5.41) is 0. The highest BCUT2D eigenvalue weighted by Crippen LogP contribution is 2.51. The van der Waals surface area contributed by atoms with Gasteiger partial charge in [0.2, 0.25) is 12.5 Å². The highest BCUT2D eigenvalue weighted by molar-refractivity contribution is 5.84. The molecular formula is C22H24O7. The average molecular weight is 400 g/mol. The fourth-order valence-electron chi connectivity index (χ4n) is 4.15. The van der Waals surface area contributed by atoms with Gasteiger partial charge in [-0.3, -0.25) is 4.79 Å². The molecule has 0 bridgehead atoms. The second-order valence-electron chi connectivity index (χ2n) is 7.00. The molecule has 29 heavy (non-hydrogen) atoms. The molecule has 1 heterocycles. The van der Waals surface area contributed by atoms with Crippen molar-refractivity contribution in [3.8, 4) is 39.9 Å². The number of esters is 1. The number of benzene rings is 2. The van der Waals surface area contributed by atoms with E-state index >= 15 is 0 Å². The Balaban J connectivity index is 2.00. The highest BCUT2D eigenvalue weighted by atomic mass is 16.7. The summed E-state index contributed by atoms with van der Waals surface area (Å²) in [6.07, 6.45) is 1.87. The third kappa shape index (κ3) is 3.20. The number of ether oxygens (including phenoxy) is 6. The van der Waals surface area contributed by atoms with Crippen molar-refractivity contribution in [2.45, 2.75) is 19.3 Å². The molecule has 0 fully saturated rings. The minimum absolute atomic E-state index is 0.193. The summed E-state index contributed by atoms with van der Waals surface area (Å²) in [4.78, 5) is 12.4. The Morgan fingerprint density at radius 2 is 1.66 bits per heavy atom. The Morgan fingerprint density at radius 1 is 0.931 bits per heavy atom. The summed E-state index contributed by atoms with van der Waals surface area (Å²) < 4.78 is 33.1. The lowest BCUT2D eigenvalue weighted by atomic mass is 9.82. The summed E-state index contributed by atoms with van der Waals surface area (Å²) in [6, 6.07) is 5.87. The van der Waals surface area contributed by atoms with Crippen molar-refractivity contribution in [1.82, 2.24) is 0 Å². The van der Waals surface area contributed by atoms with Crippen molar-refractivity contribution in [3.63, 3.8) is 0 Å². The van der Waals surface area contributed by atoms with Crippen LogP contribution in [-0.4, -0.2) is 41.2 Å². The van der Waals surface area contributed by atoms with Crippen LogP contribution >= 0.6 is 0 Å². The van der Waals surface area contributed by atoms with E-state index in [1.165, 1.54) is 7.11 Å². The zero-order valence-electron chi connectivity index (χ0n) is 17.0. The van der Waals surface area contributed by atoms with Crippen LogP contribution in [0.4, 0.5) is 0 Å². The lowest BCUT2D eigenvalue weighted by Gasteiger charge is -2.26. The van der Waals surface area contributed by atoms with Crippen LogP contribution in [-0.2, 0) is 22.4 Å². The van der Waals surface area contributed by atoms with Crippen LogP contribution in [0.2, 0.25) is 0 Å². The van der Waals surface area contributed by atoms with Gasteiger partial charge in [0.1, 0.15) is 0 Å². The molecule has 1 aliphatic carbocycles. The molecule has 2 aromatic rings. The summed E-state index contributed by atoms with van der Waals surface area (Å²) in [5.41, 5.74) is 3.82. The summed E-state index contributed by atoms with van der Waals surface area (Å²) in [7, 11) is 6.17. The normalized spacial score (nSPS) is 16.8. The SMILES string of the molecule is COC(=O)[C@H]1CCc2cc3c(cc2-c2c(cc(OC)c(OC)c2OC)C1)OCO3. The monoisotopic (exact) mass is 400 g/mol. The smallest absolute Gasteiger partial charge is 0.309 e. The molecule has 0 amide bonds. The zero-order valence-corrected chi connectivity index (χ0v) is 17.0. The minimum Gasteiger partial charge on any atom is -0.493 e. The number of methoxy groups -OCH3 is 4. The first-order chi connectivity index (χ1) is 14.1. The molecular weight excluding hydrogens is 376 g/mol. The van der Waals surface area contributed by atoms with E-state index in [4.69, 9.17) is 28.4 Å². The molecule has 2 aliphatic rings. The first kappa shape index (κ1) is 19.2. The van der Waals surface area contributed by atoms with Gasteiger partial charge in [0, 0.05) is 5.56 Å². The summed E-state index contributed by atoms with van der Waals surface area (Å²) in [5.74, 6) is 2.51. The molecule has 7 nitrogen and oxygen atoms in total. The molecule has 0 unspecified atom stereocenters. The molecule has 7 heteroatoms. The predicted molar refractivity (Wildman–Crippen MR) is 105 cm³/mol. The van der Waals surface area contributed by atoms with Gasteiger partial charge in [0.15, 0.2) is 23.0 Å². The second-order valence-corrected chi connectivity index (χ2v) is 7.00. The van der Waals surface area contributed by atoms with Gasteiger partial charge in [-0.05, 0) is 54.2 Å². The average Bonchev–Trinajstić information content (AvgIpc) is 3.20. The van der Waals surface area contributed by atoms with Crippen molar-refractivity contribution in [2.24, 2.45) is 5.92 Å². The van der Waals surface area contributed by atoms with E-state index in [2.05, 4.69) is 0 Å². The van der Waals surface area contributed by atoms with Gasteiger partial charge in [0.05, 0.1) is 34.4 Å². The van der Waals surface area contributed by atoms with Gasteiger partial charge in [-0.1, -0.05) is 0 Å². The number of aryl methyl sites for hydroxylation is 1. The number of rotatable bonds is 4. The van der Waals surface area contributed by atoms with E-state index in [0.29, 0.717) is 48.0 Å². The quantitative estimate of drug-likeness (QED) is 0.729. The fraction of sp³-hybridized carbons (Fsp3) is 0.409. The Morgan fingerprint density at radius 3 is 2.31 bits per heavy atom. The van der Waals surface area contributed by atoms with Crippen molar-refractivity contribution in [1.29, 1.82) is 0 Å². The maximum Gasteiger partial charge on any atom is 0.309 e. The Labute approximate surface area is 169 Å². The number of carbonyl (C=O) groups is 1. The van der Waals surface area contributed by atoms with Crippen LogP contribution in [0.25, 0.3) is 11.1 Å². The third-order valence-corrected chi connectivity index (χ3v) is 5.54. The molecule has 1 atom stereocenters. The molecule has 1 aliphatic heterocycles. The van der Waals surface area contributed by atoms with Gasteiger partial charge in [-0.2, -0.15) is 0 Å². The first-order valence-corrected chi connectivity index (χ1v) is 9.43. The molecule has 0 spiro atoms. The van der Waals surface area contributed by atoms with Gasteiger partial charge in [-0.25, -0.2) is 0 Å². The molecule has 4 rings (SSSR count). The molecule has 0 saturated carbocycles. The first-order valence-electron chi connectivity index (χ1n) is 9.43. The Bertz CT molecular complexity index is 951. The highest BCUT2D eigenvalue weighted by Gasteiger charge is 2.31. The predicted octanol–water partition coefficient (Wildman–Crippen LogP) is 3.39. The van der Waals surface area contributed by atoms with E-state index < -0.39 is 0 Å². The lowest BCUT2D eigenvalue weighted by Crippen LogP contribution is -2.21. The number of carbonyl (C=O) groups excluding carboxylic acids is 1. The Hall–Kier alpha value is -3.09. The minimum atomic E-state index is -0.278. The maximum atomic E-state index is 12.4. The van der Waals surface area contributed by atoms with Crippen molar-refractivity contribution < 1.29 is 33.2 Å². The van der Waals surface area contributed by atoms with Crippen molar-refractivity contribution in [3.05, 3.63) is 29.3 Å². The van der Waals surface area contributed by atoms with Crippen LogP contribution in [0.5, 0.6) is 28.7 Å². The van der Waals surface area contributed by atoms with Crippen molar-refractivity contribution in [2.75, 3.05) is 35.2 Å². The number of hydrogen-bond acceptors (Lipinski definition) is 7. The van der Waals surface area contributed by atoms with E-state index in [1.807, 2.05) is 18.2 Å². The van der Waals surface area contributed by atoms with Gasteiger partial charge in [-0.15, -0.1) is 0 Å². The van der Waals surface area contributed by atoms with E-state index in [0.717, 1.165) is 22.3 Å².